The summed E-state index contributed by atoms with van der Waals surface area (Å²) in [5.41, 5.74) is 0.278. The molecule has 0 aliphatic carbocycles. The van der Waals surface area contributed by atoms with Gasteiger partial charge in [0.15, 0.2) is 0 Å². The molecule has 0 radical (unpaired) electrons. The van der Waals surface area contributed by atoms with Crippen molar-refractivity contribution in [1.29, 1.82) is 0 Å². The zero-order valence-corrected chi connectivity index (χ0v) is 17.2. The lowest BCUT2D eigenvalue weighted by Crippen LogP contribution is -2.32. The predicted molar refractivity (Wildman–Crippen MR) is 105 cm³/mol. The van der Waals surface area contributed by atoms with Gasteiger partial charge in [0.05, 0.1) is 12.0 Å². The summed E-state index contributed by atoms with van der Waals surface area (Å²) in [6.45, 7) is 3.54. The number of sulfonamides is 1. The summed E-state index contributed by atoms with van der Waals surface area (Å²) in [7, 11) is -2.95. The summed E-state index contributed by atoms with van der Waals surface area (Å²) < 4.78 is 38.9. The number of nitrogens with zero attached hydrogens (tertiary/aromatic N) is 4. The second-order valence-corrected chi connectivity index (χ2v) is 8.31. The standard InChI is InChI=1S/C18H19N5O6S/c1-11(2)16(18-20-17(21-29-18)12-6-8-19-9-7-12)22-30(26,27)15-10-13(23(24)25)4-5-14(15)28-3/h4-11,16,22H,1-3H3. The number of hydrogen-bond acceptors (Lipinski definition) is 9. The Morgan fingerprint density at radius 2 is 1.90 bits per heavy atom. The maximum absolute atomic E-state index is 13.0. The number of rotatable bonds is 8. The van der Waals surface area contributed by atoms with Gasteiger partial charge in [-0.3, -0.25) is 15.1 Å². The van der Waals surface area contributed by atoms with E-state index in [1.165, 1.54) is 13.2 Å². The van der Waals surface area contributed by atoms with Gasteiger partial charge in [-0.05, 0) is 24.1 Å². The highest BCUT2D eigenvalue weighted by atomic mass is 32.2. The molecule has 0 saturated carbocycles. The Morgan fingerprint density at radius 3 is 2.50 bits per heavy atom. The molecule has 2 aromatic heterocycles. The van der Waals surface area contributed by atoms with Crippen molar-refractivity contribution in [2.75, 3.05) is 7.11 Å². The van der Waals surface area contributed by atoms with E-state index in [-0.39, 0.29) is 34.0 Å². The first-order valence-corrected chi connectivity index (χ1v) is 10.3. The molecule has 2 heterocycles. The smallest absolute Gasteiger partial charge is 0.271 e. The number of non-ortho nitro benzene ring substituents is 1. The minimum Gasteiger partial charge on any atom is -0.495 e. The molecule has 3 aromatic rings. The van der Waals surface area contributed by atoms with Crippen molar-refractivity contribution in [3.63, 3.8) is 0 Å². The normalized spacial score (nSPS) is 12.7. The number of nitrogens with one attached hydrogen (secondary N) is 1. The van der Waals surface area contributed by atoms with E-state index in [9.17, 15) is 18.5 Å². The molecular formula is C18H19N5O6S. The van der Waals surface area contributed by atoms with Crippen molar-refractivity contribution >= 4 is 15.7 Å². The highest BCUT2D eigenvalue weighted by Gasteiger charge is 2.31. The average Bonchev–Trinajstić information content (AvgIpc) is 3.22. The fraction of sp³-hybridized carbons (Fsp3) is 0.278. The maximum atomic E-state index is 13.0. The number of methoxy groups -OCH3 is 1. The highest BCUT2D eigenvalue weighted by Crippen LogP contribution is 2.31. The summed E-state index contributed by atoms with van der Waals surface area (Å²) >= 11 is 0. The molecule has 30 heavy (non-hydrogen) atoms. The van der Waals surface area contributed by atoms with Crippen LogP contribution in [0.25, 0.3) is 11.4 Å². The topological polar surface area (TPSA) is 150 Å². The summed E-state index contributed by atoms with van der Waals surface area (Å²) in [6.07, 6.45) is 3.14. The predicted octanol–water partition coefficient (Wildman–Crippen LogP) is 2.72. The lowest BCUT2D eigenvalue weighted by molar-refractivity contribution is -0.385. The van der Waals surface area contributed by atoms with E-state index in [2.05, 4.69) is 19.8 Å². The molecular weight excluding hydrogens is 414 g/mol. The molecule has 3 rings (SSSR count). The van der Waals surface area contributed by atoms with Crippen LogP contribution in [0.2, 0.25) is 0 Å². The second-order valence-electron chi connectivity index (χ2n) is 6.63. The Balaban J connectivity index is 1.97. The molecule has 0 saturated heterocycles. The van der Waals surface area contributed by atoms with Gasteiger partial charge in [0, 0.05) is 30.1 Å². The Labute approximate surface area is 172 Å². The van der Waals surface area contributed by atoms with Gasteiger partial charge in [-0.15, -0.1) is 0 Å². The summed E-state index contributed by atoms with van der Waals surface area (Å²) in [5, 5.41) is 15.0. The fourth-order valence-corrected chi connectivity index (χ4v) is 4.20. The first-order chi connectivity index (χ1) is 14.2. The van der Waals surface area contributed by atoms with Crippen LogP contribution in [0.15, 0.2) is 52.1 Å². The molecule has 0 fully saturated rings. The maximum Gasteiger partial charge on any atom is 0.271 e. The van der Waals surface area contributed by atoms with Crippen molar-refractivity contribution < 1.29 is 22.6 Å². The number of aromatic nitrogens is 3. The van der Waals surface area contributed by atoms with Crippen LogP contribution in [0.4, 0.5) is 5.69 Å². The minimum atomic E-state index is -4.22. The van der Waals surface area contributed by atoms with Crippen LogP contribution in [0.3, 0.4) is 0 Å². The zero-order valence-electron chi connectivity index (χ0n) is 16.3. The van der Waals surface area contributed by atoms with Crippen molar-refractivity contribution in [2.45, 2.75) is 24.8 Å². The largest absolute Gasteiger partial charge is 0.495 e. The minimum absolute atomic E-state index is 0.0291. The number of ether oxygens (including phenoxy) is 1. The summed E-state index contributed by atoms with van der Waals surface area (Å²) in [4.78, 5) is 18.3. The Hall–Kier alpha value is -3.38. The molecule has 0 aliphatic heterocycles. The third-order valence-electron chi connectivity index (χ3n) is 4.24. The molecule has 1 atom stereocenters. The van der Waals surface area contributed by atoms with E-state index in [4.69, 9.17) is 9.26 Å². The number of pyridine rings is 1. The van der Waals surface area contributed by atoms with Gasteiger partial charge in [-0.25, -0.2) is 8.42 Å². The van der Waals surface area contributed by atoms with Gasteiger partial charge in [-0.2, -0.15) is 9.71 Å². The van der Waals surface area contributed by atoms with Gasteiger partial charge < -0.3 is 9.26 Å². The van der Waals surface area contributed by atoms with Crippen molar-refractivity contribution in [3.8, 4) is 17.1 Å². The van der Waals surface area contributed by atoms with Crippen LogP contribution in [0.1, 0.15) is 25.8 Å². The lowest BCUT2D eigenvalue weighted by Gasteiger charge is -2.19. The molecule has 0 aliphatic rings. The Morgan fingerprint density at radius 1 is 1.20 bits per heavy atom. The molecule has 1 unspecified atom stereocenters. The first kappa shape index (κ1) is 21.3. The number of nitro benzene ring substituents is 1. The van der Waals surface area contributed by atoms with E-state index < -0.39 is 21.0 Å². The molecule has 12 heteroatoms. The number of benzene rings is 1. The third-order valence-corrected chi connectivity index (χ3v) is 5.70. The van der Waals surface area contributed by atoms with Gasteiger partial charge in [0.25, 0.3) is 5.69 Å². The van der Waals surface area contributed by atoms with Crippen LogP contribution < -0.4 is 9.46 Å². The van der Waals surface area contributed by atoms with E-state index >= 15 is 0 Å². The lowest BCUT2D eigenvalue weighted by atomic mass is 10.1. The number of hydrogen-bond donors (Lipinski definition) is 1. The molecule has 1 N–H and O–H groups in total. The van der Waals surface area contributed by atoms with Gasteiger partial charge in [-0.1, -0.05) is 19.0 Å². The van der Waals surface area contributed by atoms with Crippen LogP contribution in [0.5, 0.6) is 5.75 Å². The van der Waals surface area contributed by atoms with E-state index in [0.717, 1.165) is 12.1 Å². The monoisotopic (exact) mass is 433 g/mol. The quantitative estimate of drug-likeness (QED) is 0.417. The molecule has 1 aromatic carbocycles. The van der Waals surface area contributed by atoms with Crippen LogP contribution in [-0.4, -0.2) is 35.6 Å². The molecule has 11 nitrogen and oxygen atoms in total. The summed E-state index contributed by atoms with van der Waals surface area (Å²) in [6, 6.07) is 5.84. The van der Waals surface area contributed by atoms with Crippen LogP contribution in [-0.2, 0) is 10.0 Å². The van der Waals surface area contributed by atoms with Crippen LogP contribution >= 0.6 is 0 Å². The van der Waals surface area contributed by atoms with E-state index in [1.54, 1.807) is 38.4 Å². The van der Waals surface area contributed by atoms with Crippen molar-refractivity contribution in [1.82, 2.24) is 19.8 Å². The van der Waals surface area contributed by atoms with E-state index in [1.807, 2.05) is 0 Å². The molecule has 0 bridgehead atoms. The average molecular weight is 433 g/mol. The molecule has 0 amide bonds. The fourth-order valence-electron chi connectivity index (χ4n) is 2.67. The van der Waals surface area contributed by atoms with Gasteiger partial charge >= 0.3 is 0 Å². The Kier molecular flexibility index (Phi) is 6.08. The van der Waals surface area contributed by atoms with Crippen molar-refractivity contribution in [3.05, 3.63) is 58.7 Å². The van der Waals surface area contributed by atoms with Gasteiger partial charge in [0.2, 0.25) is 21.7 Å². The zero-order chi connectivity index (χ0) is 21.9. The first-order valence-electron chi connectivity index (χ1n) is 8.81. The summed E-state index contributed by atoms with van der Waals surface area (Å²) in [5.74, 6) is 0.0452. The second kappa shape index (κ2) is 8.55. The van der Waals surface area contributed by atoms with Gasteiger partial charge in [0.1, 0.15) is 16.7 Å². The molecule has 158 valence electrons. The van der Waals surface area contributed by atoms with Crippen LogP contribution in [0, 0.1) is 16.0 Å². The number of nitro groups is 1. The Bertz CT molecular complexity index is 1150. The third kappa shape index (κ3) is 4.44. The SMILES string of the molecule is COc1ccc([N+](=O)[O-])cc1S(=O)(=O)NC(c1nc(-c2ccncc2)no1)C(C)C. The van der Waals surface area contributed by atoms with Crippen molar-refractivity contribution in [2.24, 2.45) is 5.92 Å². The van der Waals surface area contributed by atoms with E-state index in [0.29, 0.717) is 5.56 Å². The molecule has 0 spiro atoms. The highest BCUT2D eigenvalue weighted by molar-refractivity contribution is 7.89.